The van der Waals surface area contributed by atoms with E-state index in [1.54, 1.807) is 0 Å². The smallest absolute Gasteiger partial charge is 0.251 e. The summed E-state index contributed by atoms with van der Waals surface area (Å²) in [7, 11) is 2.10. The van der Waals surface area contributed by atoms with Crippen LogP contribution in [0.1, 0.15) is 27.9 Å². The molecule has 2 aromatic rings. The summed E-state index contributed by atoms with van der Waals surface area (Å²) in [5.41, 5.74) is 8.70. The number of rotatable bonds is 9. The molecule has 4 heteroatoms. The minimum Gasteiger partial charge on any atom is -0.352 e. The maximum atomic E-state index is 12.1. The second-order valence-electron chi connectivity index (χ2n) is 6.07. The van der Waals surface area contributed by atoms with Crippen molar-refractivity contribution in [1.82, 2.24) is 10.2 Å². The molecule has 128 valence electrons. The number of hydrogen-bond donors (Lipinski definition) is 2. The molecule has 2 rings (SSSR count). The van der Waals surface area contributed by atoms with Crippen LogP contribution in [0.25, 0.3) is 0 Å². The predicted octanol–water partition coefficient (Wildman–Crippen LogP) is 2.44. The van der Waals surface area contributed by atoms with Crippen molar-refractivity contribution in [3.05, 3.63) is 71.3 Å². The van der Waals surface area contributed by atoms with Crippen molar-refractivity contribution in [1.29, 1.82) is 0 Å². The van der Waals surface area contributed by atoms with Crippen LogP contribution < -0.4 is 11.1 Å². The Kier molecular flexibility index (Phi) is 7.46. The number of nitrogens with zero attached hydrogens (tertiary/aromatic N) is 1. The van der Waals surface area contributed by atoms with Crippen LogP contribution in [0.4, 0.5) is 0 Å². The van der Waals surface area contributed by atoms with E-state index in [4.69, 9.17) is 5.73 Å². The fraction of sp³-hybridized carbons (Fsp3) is 0.350. The monoisotopic (exact) mass is 325 g/mol. The first-order chi connectivity index (χ1) is 11.7. The lowest BCUT2D eigenvalue weighted by atomic mass is 10.1. The van der Waals surface area contributed by atoms with Crippen molar-refractivity contribution >= 4 is 5.91 Å². The summed E-state index contributed by atoms with van der Waals surface area (Å²) in [6, 6.07) is 18.1. The first kappa shape index (κ1) is 18.2. The van der Waals surface area contributed by atoms with Gasteiger partial charge < -0.3 is 16.0 Å². The van der Waals surface area contributed by atoms with E-state index in [0.717, 1.165) is 31.5 Å². The number of benzene rings is 2. The third-order valence-corrected chi connectivity index (χ3v) is 3.95. The molecule has 0 heterocycles. The maximum absolute atomic E-state index is 12.1. The van der Waals surface area contributed by atoms with Gasteiger partial charge in [0.2, 0.25) is 0 Å². The van der Waals surface area contributed by atoms with Crippen LogP contribution in [0.3, 0.4) is 0 Å². The lowest BCUT2D eigenvalue weighted by Gasteiger charge is -2.16. The van der Waals surface area contributed by atoms with E-state index in [1.807, 2.05) is 30.3 Å². The Balaban J connectivity index is 1.67. The van der Waals surface area contributed by atoms with Gasteiger partial charge in [0.15, 0.2) is 0 Å². The molecule has 0 saturated heterocycles. The number of carbonyl (C=O) groups is 1. The zero-order valence-electron chi connectivity index (χ0n) is 14.4. The van der Waals surface area contributed by atoms with Gasteiger partial charge in [0.25, 0.3) is 5.91 Å². The maximum Gasteiger partial charge on any atom is 0.251 e. The van der Waals surface area contributed by atoms with Gasteiger partial charge in [0.05, 0.1) is 0 Å². The van der Waals surface area contributed by atoms with Crippen LogP contribution in [0.15, 0.2) is 54.6 Å². The summed E-state index contributed by atoms with van der Waals surface area (Å²) in [4.78, 5) is 14.4. The molecule has 24 heavy (non-hydrogen) atoms. The molecule has 0 spiro atoms. The molecule has 0 aliphatic carbocycles. The molecule has 4 nitrogen and oxygen atoms in total. The van der Waals surface area contributed by atoms with Crippen molar-refractivity contribution < 1.29 is 4.79 Å². The molecule has 0 saturated carbocycles. The predicted molar refractivity (Wildman–Crippen MR) is 98.9 cm³/mol. The zero-order chi connectivity index (χ0) is 17.2. The molecule has 0 bridgehead atoms. The lowest BCUT2D eigenvalue weighted by molar-refractivity contribution is 0.0952. The van der Waals surface area contributed by atoms with Gasteiger partial charge in [0, 0.05) is 18.7 Å². The molecule has 2 aromatic carbocycles. The van der Waals surface area contributed by atoms with Gasteiger partial charge in [-0.25, -0.2) is 0 Å². The average molecular weight is 325 g/mol. The summed E-state index contributed by atoms with van der Waals surface area (Å²) in [5, 5.41) is 2.98. The summed E-state index contributed by atoms with van der Waals surface area (Å²) in [6.07, 6.45) is 1.77. The summed E-state index contributed by atoms with van der Waals surface area (Å²) < 4.78 is 0. The van der Waals surface area contributed by atoms with E-state index >= 15 is 0 Å². The summed E-state index contributed by atoms with van der Waals surface area (Å²) >= 11 is 0. The van der Waals surface area contributed by atoms with Crippen molar-refractivity contribution in [3.63, 3.8) is 0 Å². The number of amides is 1. The molecule has 0 aliphatic heterocycles. The SMILES string of the molecule is CN(CCCNC(=O)c1ccc(CCN)cc1)Cc1ccccc1. The van der Waals surface area contributed by atoms with Gasteiger partial charge in [-0.15, -0.1) is 0 Å². The van der Waals surface area contributed by atoms with Gasteiger partial charge in [-0.05, 0) is 56.2 Å². The zero-order valence-corrected chi connectivity index (χ0v) is 14.4. The lowest BCUT2D eigenvalue weighted by Crippen LogP contribution is -2.28. The summed E-state index contributed by atoms with van der Waals surface area (Å²) in [6.45, 7) is 3.19. The molecule has 0 aromatic heterocycles. The fourth-order valence-corrected chi connectivity index (χ4v) is 2.62. The summed E-state index contributed by atoms with van der Waals surface area (Å²) in [5.74, 6) is -0.0139. The van der Waals surface area contributed by atoms with E-state index in [2.05, 4.69) is 41.5 Å². The van der Waals surface area contributed by atoms with Crippen LogP contribution in [0.2, 0.25) is 0 Å². The highest BCUT2D eigenvalue weighted by atomic mass is 16.1. The Morgan fingerprint density at radius 2 is 1.75 bits per heavy atom. The number of hydrogen-bond acceptors (Lipinski definition) is 3. The van der Waals surface area contributed by atoms with E-state index in [0.29, 0.717) is 18.7 Å². The van der Waals surface area contributed by atoms with Crippen LogP contribution >= 0.6 is 0 Å². The third kappa shape index (κ3) is 6.14. The Hall–Kier alpha value is -2.17. The first-order valence-corrected chi connectivity index (χ1v) is 8.48. The van der Waals surface area contributed by atoms with E-state index in [1.165, 1.54) is 5.56 Å². The molecule has 0 unspecified atom stereocenters. The fourth-order valence-electron chi connectivity index (χ4n) is 2.62. The number of nitrogens with one attached hydrogen (secondary N) is 1. The van der Waals surface area contributed by atoms with Crippen LogP contribution in [-0.2, 0) is 13.0 Å². The Bertz CT molecular complexity index is 611. The van der Waals surface area contributed by atoms with Crippen LogP contribution in [0, 0.1) is 0 Å². The van der Waals surface area contributed by atoms with Gasteiger partial charge >= 0.3 is 0 Å². The van der Waals surface area contributed by atoms with Crippen molar-refractivity contribution in [2.45, 2.75) is 19.4 Å². The molecule has 0 radical (unpaired) electrons. The highest BCUT2D eigenvalue weighted by Gasteiger charge is 2.05. The van der Waals surface area contributed by atoms with E-state index < -0.39 is 0 Å². The number of carbonyl (C=O) groups excluding carboxylic acids is 1. The minimum atomic E-state index is -0.0139. The average Bonchev–Trinajstić information content (AvgIpc) is 2.60. The molecular formula is C20H27N3O. The van der Waals surface area contributed by atoms with Gasteiger partial charge in [-0.2, -0.15) is 0 Å². The molecular weight excluding hydrogens is 298 g/mol. The van der Waals surface area contributed by atoms with Crippen molar-refractivity contribution in [2.24, 2.45) is 5.73 Å². The Morgan fingerprint density at radius 1 is 1.04 bits per heavy atom. The minimum absolute atomic E-state index is 0.0139. The molecule has 0 aliphatic rings. The molecule has 0 atom stereocenters. The normalized spacial score (nSPS) is 10.8. The van der Waals surface area contributed by atoms with Crippen molar-refractivity contribution in [3.8, 4) is 0 Å². The third-order valence-electron chi connectivity index (χ3n) is 3.95. The topological polar surface area (TPSA) is 58.4 Å². The van der Waals surface area contributed by atoms with Gasteiger partial charge in [0.1, 0.15) is 0 Å². The molecule has 0 fully saturated rings. The standard InChI is InChI=1S/C20H27N3O/c1-23(16-18-6-3-2-4-7-18)15-5-14-22-20(24)19-10-8-17(9-11-19)12-13-21/h2-4,6-11H,5,12-16,21H2,1H3,(H,22,24). The van der Waals surface area contributed by atoms with Crippen molar-refractivity contribution in [2.75, 3.05) is 26.7 Å². The van der Waals surface area contributed by atoms with Crippen LogP contribution in [-0.4, -0.2) is 37.5 Å². The van der Waals surface area contributed by atoms with Gasteiger partial charge in [-0.3, -0.25) is 4.79 Å². The first-order valence-electron chi connectivity index (χ1n) is 8.48. The highest BCUT2D eigenvalue weighted by Crippen LogP contribution is 2.05. The van der Waals surface area contributed by atoms with Gasteiger partial charge in [-0.1, -0.05) is 42.5 Å². The Morgan fingerprint density at radius 3 is 2.42 bits per heavy atom. The van der Waals surface area contributed by atoms with E-state index in [-0.39, 0.29) is 5.91 Å². The largest absolute Gasteiger partial charge is 0.352 e. The highest BCUT2D eigenvalue weighted by molar-refractivity contribution is 5.94. The number of nitrogens with two attached hydrogens (primary N) is 1. The Labute approximate surface area is 144 Å². The second-order valence-corrected chi connectivity index (χ2v) is 6.07. The molecule has 1 amide bonds. The van der Waals surface area contributed by atoms with Crippen LogP contribution in [0.5, 0.6) is 0 Å². The van der Waals surface area contributed by atoms with E-state index in [9.17, 15) is 4.79 Å². The second kappa shape index (κ2) is 9.85. The quantitative estimate of drug-likeness (QED) is 0.696. The molecule has 3 N–H and O–H groups in total.